The molecule has 5 rings (SSSR count). The second kappa shape index (κ2) is 9.65. The molecule has 6 nitrogen and oxygen atoms in total. The number of fused-ring (bicyclic) bond motifs is 3. The summed E-state index contributed by atoms with van der Waals surface area (Å²) in [6.45, 7) is 7.77. The highest BCUT2D eigenvalue weighted by Gasteiger charge is 2.35. The lowest BCUT2D eigenvalue weighted by Gasteiger charge is -2.36. The summed E-state index contributed by atoms with van der Waals surface area (Å²) in [5.41, 5.74) is 4.48. The fourth-order valence-electron chi connectivity index (χ4n) is 5.24. The zero-order valence-electron chi connectivity index (χ0n) is 20.6. The fraction of sp³-hybridized carbons (Fsp3) is 0.464. The minimum Gasteiger partial charge on any atom is -0.444 e. The van der Waals surface area contributed by atoms with Crippen molar-refractivity contribution in [3.8, 4) is 0 Å². The van der Waals surface area contributed by atoms with Gasteiger partial charge in [0.25, 0.3) is 0 Å². The number of guanidine groups is 1. The normalized spacial score (nSPS) is 22.5. The Hall–Kier alpha value is -2.86. The number of halogens is 1. The molecule has 184 valence electrons. The van der Waals surface area contributed by atoms with E-state index in [1.165, 1.54) is 16.7 Å². The number of piperidine rings is 1. The Morgan fingerprint density at radius 3 is 2.51 bits per heavy atom. The minimum atomic E-state index is -0.474. The Morgan fingerprint density at radius 1 is 1.09 bits per heavy atom. The van der Waals surface area contributed by atoms with Gasteiger partial charge in [0.1, 0.15) is 5.60 Å². The molecule has 1 amide bonds. The van der Waals surface area contributed by atoms with Crippen LogP contribution in [0.1, 0.15) is 62.6 Å². The van der Waals surface area contributed by atoms with Crippen molar-refractivity contribution in [2.45, 2.75) is 57.6 Å². The number of benzene rings is 2. The first-order valence-corrected chi connectivity index (χ1v) is 12.9. The molecular formula is C28H33ClN4O2. The van der Waals surface area contributed by atoms with Crippen LogP contribution in [0.4, 0.5) is 4.79 Å². The number of hydrogen-bond acceptors (Lipinski definition) is 5. The van der Waals surface area contributed by atoms with Gasteiger partial charge in [-0.15, -0.1) is 0 Å². The summed E-state index contributed by atoms with van der Waals surface area (Å²) in [6.07, 6.45) is 2.45. The third-order valence-electron chi connectivity index (χ3n) is 6.96. The van der Waals surface area contributed by atoms with Crippen LogP contribution in [0.15, 0.2) is 58.5 Å². The molecule has 2 aromatic rings. The van der Waals surface area contributed by atoms with Crippen LogP contribution in [0.5, 0.6) is 0 Å². The second-order valence-corrected chi connectivity index (χ2v) is 11.1. The first kappa shape index (κ1) is 23.9. The summed E-state index contributed by atoms with van der Waals surface area (Å²) in [6, 6.07) is 17.1. The molecule has 0 bridgehead atoms. The van der Waals surface area contributed by atoms with Crippen molar-refractivity contribution >= 4 is 29.4 Å². The van der Waals surface area contributed by atoms with Crippen molar-refractivity contribution in [3.05, 3.63) is 70.2 Å². The molecule has 2 unspecified atom stereocenters. The van der Waals surface area contributed by atoms with Gasteiger partial charge in [-0.05, 0) is 63.3 Å². The van der Waals surface area contributed by atoms with E-state index in [0.29, 0.717) is 30.9 Å². The lowest BCUT2D eigenvalue weighted by molar-refractivity contribution is 0.0202. The molecule has 0 spiro atoms. The monoisotopic (exact) mass is 492 g/mol. The van der Waals surface area contributed by atoms with E-state index in [9.17, 15) is 4.79 Å². The van der Waals surface area contributed by atoms with Gasteiger partial charge in [0.2, 0.25) is 5.96 Å². The van der Waals surface area contributed by atoms with Crippen molar-refractivity contribution in [2.75, 3.05) is 19.6 Å². The molecule has 1 aliphatic carbocycles. The molecule has 0 saturated carbocycles. The Kier molecular flexibility index (Phi) is 6.58. The summed E-state index contributed by atoms with van der Waals surface area (Å²) in [5.74, 6) is 1.33. The average molecular weight is 493 g/mol. The molecular weight excluding hydrogens is 460 g/mol. The Morgan fingerprint density at radius 2 is 1.80 bits per heavy atom. The smallest absolute Gasteiger partial charge is 0.410 e. The maximum atomic E-state index is 12.4. The Balaban J connectivity index is 1.28. The van der Waals surface area contributed by atoms with Crippen molar-refractivity contribution in [1.29, 1.82) is 0 Å². The van der Waals surface area contributed by atoms with Crippen molar-refractivity contribution in [1.82, 2.24) is 10.2 Å². The quantitative estimate of drug-likeness (QED) is 0.590. The molecule has 2 atom stereocenters. The van der Waals surface area contributed by atoms with Gasteiger partial charge in [0, 0.05) is 41.6 Å². The second-order valence-electron chi connectivity index (χ2n) is 10.7. The topological polar surface area (TPSA) is 66.3 Å². The van der Waals surface area contributed by atoms with Gasteiger partial charge in [0.15, 0.2) is 0 Å². The number of nitrogens with one attached hydrogen (secondary N) is 1. The summed E-state index contributed by atoms with van der Waals surface area (Å²) in [7, 11) is 0. The van der Waals surface area contributed by atoms with E-state index in [-0.39, 0.29) is 12.1 Å². The van der Waals surface area contributed by atoms with Crippen LogP contribution < -0.4 is 5.32 Å². The molecule has 1 saturated heterocycles. The lowest BCUT2D eigenvalue weighted by Crippen LogP contribution is -2.48. The molecule has 1 N–H and O–H groups in total. The lowest BCUT2D eigenvalue weighted by atomic mass is 9.72. The molecule has 3 aliphatic rings. The van der Waals surface area contributed by atoms with E-state index < -0.39 is 5.60 Å². The van der Waals surface area contributed by atoms with Crippen LogP contribution in [0.25, 0.3) is 0 Å². The van der Waals surface area contributed by atoms with Gasteiger partial charge in [-0.25, -0.2) is 9.79 Å². The van der Waals surface area contributed by atoms with Gasteiger partial charge < -0.3 is 15.0 Å². The SMILES string of the molecule is CC(C)(C)OC(=O)N1CCC(NC2=NCC3CC(c4ccc(Cl)cc4)c4ccccc4C3=N2)CC1. The van der Waals surface area contributed by atoms with Crippen molar-refractivity contribution in [2.24, 2.45) is 15.9 Å². The van der Waals surface area contributed by atoms with E-state index in [1.54, 1.807) is 4.90 Å². The molecule has 1 fully saturated rings. The number of hydrogen-bond donors (Lipinski definition) is 1. The molecule has 0 aromatic heterocycles. The largest absolute Gasteiger partial charge is 0.444 e. The summed E-state index contributed by atoms with van der Waals surface area (Å²) >= 11 is 6.14. The first-order chi connectivity index (χ1) is 16.8. The molecule has 35 heavy (non-hydrogen) atoms. The zero-order chi connectivity index (χ0) is 24.6. The molecule has 2 heterocycles. The van der Waals surface area contributed by atoms with Gasteiger partial charge in [-0.1, -0.05) is 48.0 Å². The van der Waals surface area contributed by atoms with Crippen molar-refractivity contribution < 1.29 is 9.53 Å². The molecule has 7 heteroatoms. The molecule has 2 aromatic carbocycles. The molecule has 2 aliphatic heterocycles. The van der Waals surface area contributed by atoms with Gasteiger partial charge >= 0.3 is 6.09 Å². The van der Waals surface area contributed by atoms with Crippen LogP contribution in [-0.4, -0.2) is 53.9 Å². The summed E-state index contributed by atoms with van der Waals surface area (Å²) in [4.78, 5) is 24.0. The maximum absolute atomic E-state index is 12.4. The van der Waals surface area contributed by atoms with Gasteiger partial charge in [-0.2, -0.15) is 0 Å². The van der Waals surface area contributed by atoms with Crippen LogP contribution in [-0.2, 0) is 4.74 Å². The van der Waals surface area contributed by atoms with E-state index in [2.05, 4.69) is 41.7 Å². The van der Waals surface area contributed by atoms with Gasteiger partial charge in [-0.3, -0.25) is 4.99 Å². The van der Waals surface area contributed by atoms with Crippen LogP contribution in [0, 0.1) is 5.92 Å². The van der Waals surface area contributed by atoms with Crippen LogP contribution in [0.3, 0.4) is 0 Å². The molecule has 0 radical (unpaired) electrons. The first-order valence-electron chi connectivity index (χ1n) is 12.5. The van der Waals surface area contributed by atoms with Crippen molar-refractivity contribution in [3.63, 3.8) is 0 Å². The van der Waals surface area contributed by atoms with E-state index in [1.807, 2.05) is 32.9 Å². The van der Waals surface area contributed by atoms with E-state index in [0.717, 1.165) is 36.5 Å². The highest BCUT2D eigenvalue weighted by Crippen LogP contribution is 2.40. The number of ether oxygens (including phenoxy) is 1. The minimum absolute atomic E-state index is 0.233. The van der Waals surface area contributed by atoms with Crippen LogP contribution >= 0.6 is 11.6 Å². The summed E-state index contributed by atoms with van der Waals surface area (Å²) < 4.78 is 5.52. The predicted octanol–water partition coefficient (Wildman–Crippen LogP) is 5.64. The number of rotatable bonds is 2. The number of carbonyl (C=O) groups is 1. The maximum Gasteiger partial charge on any atom is 0.410 e. The number of carbonyl (C=O) groups excluding carboxylic acids is 1. The summed E-state index contributed by atoms with van der Waals surface area (Å²) in [5, 5.41) is 4.31. The van der Waals surface area contributed by atoms with Gasteiger partial charge in [0.05, 0.1) is 12.3 Å². The fourth-order valence-corrected chi connectivity index (χ4v) is 5.37. The highest BCUT2D eigenvalue weighted by molar-refractivity contribution is 6.30. The predicted molar refractivity (Wildman–Crippen MR) is 141 cm³/mol. The standard InChI is InChI=1S/C28H33ClN4O2/c1-28(2,3)35-27(34)33-14-12-21(13-15-33)31-26-30-17-19-16-24(18-8-10-20(29)11-9-18)22-6-4-5-7-23(22)25(19)32-26/h4-11,19,21,24H,12-17H2,1-3H3,(H,30,31). The number of likely N-dealkylation sites (tertiary alicyclic amines) is 1. The third-order valence-corrected chi connectivity index (χ3v) is 7.21. The Bertz CT molecular complexity index is 1140. The van der Waals surface area contributed by atoms with E-state index >= 15 is 0 Å². The van der Waals surface area contributed by atoms with E-state index in [4.69, 9.17) is 26.3 Å². The highest BCUT2D eigenvalue weighted by atomic mass is 35.5. The number of nitrogens with zero attached hydrogens (tertiary/aromatic N) is 3. The number of amides is 1. The zero-order valence-corrected chi connectivity index (χ0v) is 21.4. The van der Waals surface area contributed by atoms with Crippen LogP contribution in [0.2, 0.25) is 5.02 Å². The number of aliphatic imine (C=N–C) groups is 2. The Labute approximate surface area is 212 Å². The average Bonchev–Trinajstić information content (AvgIpc) is 2.84. The third kappa shape index (κ3) is 5.37.